The van der Waals surface area contributed by atoms with Crippen molar-refractivity contribution in [2.45, 2.75) is 45.2 Å². The molecule has 4 aromatic rings. The van der Waals surface area contributed by atoms with Crippen molar-refractivity contribution in [2.75, 3.05) is 54.5 Å². The van der Waals surface area contributed by atoms with Crippen molar-refractivity contribution >= 4 is 45.9 Å². The highest BCUT2D eigenvalue weighted by atomic mass is 35.5. The van der Waals surface area contributed by atoms with Crippen LogP contribution in [0.1, 0.15) is 30.4 Å². The van der Waals surface area contributed by atoms with Crippen LogP contribution in [0.5, 0.6) is 5.88 Å². The van der Waals surface area contributed by atoms with Crippen LogP contribution in [0.15, 0.2) is 35.3 Å². The zero-order valence-corrected chi connectivity index (χ0v) is 27.1. The van der Waals surface area contributed by atoms with Crippen molar-refractivity contribution in [3.63, 3.8) is 0 Å². The van der Waals surface area contributed by atoms with Crippen LogP contribution in [-0.4, -0.2) is 85.5 Å². The largest absolute Gasteiger partial charge is 0.492 e. The standard InChI is InChI=1S/C30H30ClF6N9O4/c1-2-21-24(43-9-7-42(8-10-43)22-14-38-45(26(22)48)16-29(32,33)34)27(49)46-28(40-25(41-46)17-5-11-50-12-6-17)44(21)15-23(47)39-20-4-3-18(13-19(20)31)30(35,36)37/h3-5,13-14,48H,2,6-12,15-16H2,1H3,(H,39,47). The van der Waals surface area contributed by atoms with Gasteiger partial charge >= 0.3 is 12.4 Å². The monoisotopic (exact) mass is 729 g/mol. The van der Waals surface area contributed by atoms with Crippen molar-refractivity contribution in [1.82, 2.24) is 28.9 Å². The molecule has 1 aromatic carbocycles. The summed E-state index contributed by atoms with van der Waals surface area (Å²) in [7, 11) is 0. The number of hydrogen-bond donors (Lipinski definition) is 2. The molecule has 6 rings (SSSR count). The summed E-state index contributed by atoms with van der Waals surface area (Å²) >= 11 is 6.08. The average Bonchev–Trinajstić information content (AvgIpc) is 3.67. The molecule has 1 saturated heterocycles. The summed E-state index contributed by atoms with van der Waals surface area (Å²) in [6, 6.07) is 2.55. The lowest BCUT2D eigenvalue weighted by molar-refractivity contribution is -0.143. The van der Waals surface area contributed by atoms with Gasteiger partial charge in [0.05, 0.1) is 41.4 Å². The van der Waals surface area contributed by atoms with Gasteiger partial charge in [0, 0.05) is 26.2 Å². The number of nitrogens with zero attached hydrogens (tertiary/aromatic N) is 8. The van der Waals surface area contributed by atoms with Gasteiger partial charge in [0.15, 0.2) is 5.82 Å². The fourth-order valence-corrected chi connectivity index (χ4v) is 6.20. The Morgan fingerprint density at radius 2 is 1.82 bits per heavy atom. The SMILES string of the molecule is CCc1c(N2CCN(c3cnn(CC(F)(F)F)c3O)CC2)c(=O)n2nc(C3=CCOCC3)nc2n1CC(=O)Nc1ccc(C(F)(F)F)cc1Cl. The first-order valence-electron chi connectivity index (χ1n) is 15.4. The van der Waals surface area contributed by atoms with Gasteiger partial charge in [-0.1, -0.05) is 24.6 Å². The molecule has 3 aromatic heterocycles. The summed E-state index contributed by atoms with van der Waals surface area (Å²) in [4.78, 5) is 35.6. The Balaban J connectivity index is 1.33. The molecule has 0 bridgehead atoms. The number of anilines is 3. The Morgan fingerprint density at radius 1 is 1.10 bits per heavy atom. The summed E-state index contributed by atoms with van der Waals surface area (Å²) in [5.41, 5.74) is -0.0516. The fourth-order valence-electron chi connectivity index (χ4n) is 5.97. The minimum atomic E-state index is -4.63. The molecule has 268 valence electrons. The van der Waals surface area contributed by atoms with Crippen LogP contribution in [0.3, 0.4) is 0 Å². The Morgan fingerprint density at radius 3 is 2.44 bits per heavy atom. The lowest BCUT2D eigenvalue weighted by Gasteiger charge is -2.37. The van der Waals surface area contributed by atoms with E-state index in [4.69, 9.17) is 16.3 Å². The zero-order chi connectivity index (χ0) is 36.0. The molecule has 2 N–H and O–H groups in total. The van der Waals surface area contributed by atoms with E-state index in [1.807, 2.05) is 0 Å². The van der Waals surface area contributed by atoms with Gasteiger partial charge in [0.2, 0.25) is 17.6 Å². The first kappa shape index (κ1) is 35.1. The number of ether oxygens (including phenoxy) is 1. The quantitative estimate of drug-likeness (QED) is 0.254. The predicted octanol–water partition coefficient (Wildman–Crippen LogP) is 4.36. The van der Waals surface area contributed by atoms with Crippen molar-refractivity contribution in [3.05, 3.63) is 62.9 Å². The number of aromatic nitrogens is 6. The maximum absolute atomic E-state index is 14.1. The number of hydrogen-bond acceptors (Lipinski definition) is 9. The third-order valence-corrected chi connectivity index (χ3v) is 8.65. The molecular formula is C30H30ClF6N9O4. The van der Waals surface area contributed by atoms with E-state index in [-0.39, 0.29) is 66.3 Å². The second kappa shape index (κ2) is 13.5. The van der Waals surface area contributed by atoms with E-state index in [1.165, 1.54) is 4.57 Å². The summed E-state index contributed by atoms with van der Waals surface area (Å²) in [6.45, 7) is 1.46. The van der Waals surface area contributed by atoms with Crippen LogP contribution in [0.4, 0.5) is 43.4 Å². The molecule has 0 spiro atoms. The van der Waals surface area contributed by atoms with E-state index in [9.17, 15) is 41.0 Å². The van der Waals surface area contributed by atoms with E-state index in [1.54, 1.807) is 22.8 Å². The number of rotatable bonds is 8. The highest BCUT2D eigenvalue weighted by Gasteiger charge is 2.33. The predicted molar refractivity (Wildman–Crippen MR) is 169 cm³/mol. The molecule has 0 aliphatic carbocycles. The Bertz CT molecular complexity index is 2010. The van der Waals surface area contributed by atoms with Gasteiger partial charge < -0.3 is 29.5 Å². The van der Waals surface area contributed by atoms with Gasteiger partial charge in [-0.25, -0.2) is 4.68 Å². The van der Waals surface area contributed by atoms with Crippen LogP contribution in [0, 0.1) is 0 Å². The number of alkyl halides is 6. The number of amides is 1. The Labute approximate surface area is 284 Å². The van der Waals surface area contributed by atoms with E-state index >= 15 is 0 Å². The molecule has 0 atom stereocenters. The molecule has 13 nitrogen and oxygen atoms in total. The normalized spacial score (nSPS) is 15.9. The highest BCUT2D eigenvalue weighted by Crippen LogP contribution is 2.34. The highest BCUT2D eigenvalue weighted by molar-refractivity contribution is 6.33. The van der Waals surface area contributed by atoms with Crippen molar-refractivity contribution < 1.29 is 41.0 Å². The van der Waals surface area contributed by atoms with Crippen molar-refractivity contribution in [2.24, 2.45) is 0 Å². The lowest BCUT2D eigenvalue weighted by Crippen LogP contribution is -2.49. The first-order chi connectivity index (χ1) is 23.6. The summed E-state index contributed by atoms with van der Waals surface area (Å²) < 4.78 is 86.7. The number of fused-ring (bicyclic) bond motifs is 1. The maximum atomic E-state index is 14.1. The van der Waals surface area contributed by atoms with Crippen LogP contribution in [-0.2, 0) is 35.2 Å². The molecule has 50 heavy (non-hydrogen) atoms. The molecule has 1 fully saturated rings. The van der Waals surface area contributed by atoms with Crippen molar-refractivity contribution in [3.8, 4) is 5.88 Å². The van der Waals surface area contributed by atoms with Crippen LogP contribution >= 0.6 is 11.6 Å². The number of halogens is 7. The minimum Gasteiger partial charge on any atom is -0.492 e. The second-order valence-electron chi connectivity index (χ2n) is 11.6. The first-order valence-corrected chi connectivity index (χ1v) is 15.8. The summed E-state index contributed by atoms with van der Waals surface area (Å²) in [5, 5.41) is 20.8. The molecule has 5 heterocycles. The van der Waals surface area contributed by atoms with E-state index in [0.29, 0.717) is 36.1 Å². The van der Waals surface area contributed by atoms with Crippen LogP contribution in [0.2, 0.25) is 5.02 Å². The minimum absolute atomic E-state index is 0.0487. The fraction of sp³-hybridized carbons (Fsp3) is 0.433. The van der Waals surface area contributed by atoms with E-state index < -0.39 is 48.4 Å². The van der Waals surface area contributed by atoms with E-state index in [0.717, 1.165) is 28.4 Å². The second-order valence-corrected chi connectivity index (χ2v) is 12.0. The Kier molecular flexibility index (Phi) is 9.47. The molecule has 1 amide bonds. The van der Waals surface area contributed by atoms with Gasteiger partial charge in [-0.2, -0.15) is 40.9 Å². The van der Waals surface area contributed by atoms with Gasteiger partial charge in [0.1, 0.15) is 24.5 Å². The molecule has 0 saturated carbocycles. The smallest absolute Gasteiger partial charge is 0.416 e. The molecule has 2 aliphatic rings. The topological polar surface area (TPSA) is 135 Å². The number of aromatic hydroxyl groups is 1. The lowest BCUT2D eigenvalue weighted by atomic mass is 10.1. The van der Waals surface area contributed by atoms with Crippen LogP contribution < -0.4 is 20.7 Å². The number of piperazine rings is 1. The third kappa shape index (κ3) is 7.09. The Hall–Kier alpha value is -4.78. The van der Waals surface area contributed by atoms with Crippen LogP contribution in [0.25, 0.3) is 11.4 Å². The zero-order valence-electron chi connectivity index (χ0n) is 26.4. The van der Waals surface area contributed by atoms with Gasteiger partial charge in [0.25, 0.3) is 5.56 Å². The van der Waals surface area contributed by atoms with Gasteiger partial charge in [-0.05, 0) is 36.6 Å². The summed E-state index contributed by atoms with van der Waals surface area (Å²) in [5.74, 6) is -0.970. The van der Waals surface area contributed by atoms with E-state index in [2.05, 4.69) is 20.5 Å². The summed E-state index contributed by atoms with van der Waals surface area (Å²) in [6.07, 6.45) is -5.54. The number of benzene rings is 1. The molecule has 0 radical (unpaired) electrons. The maximum Gasteiger partial charge on any atom is 0.416 e. The molecule has 20 heteroatoms. The average molecular weight is 730 g/mol. The molecule has 2 aliphatic heterocycles. The number of carbonyl (C=O) groups is 1. The van der Waals surface area contributed by atoms with Gasteiger partial charge in [-0.3, -0.25) is 9.59 Å². The third-order valence-electron chi connectivity index (χ3n) is 8.34. The molecular weight excluding hydrogens is 700 g/mol. The van der Waals surface area contributed by atoms with Crippen molar-refractivity contribution in [1.29, 1.82) is 0 Å². The molecule has 0 unspecified atom stereocenters. The number of carbonyl (C=O) groups excluding carboxylic acids is 1. The van der Waals surface area contributed by atoms with Gasteiger partial charge in [-0.15, -0.1) is 5.10 Å². The number of nitrogens with one attached hydrogen (secondary N) is 1.